The van der Waals surface area contributed by atoms with Gasteiger partial charge in [0, 0.05) is 30.3 Å². The number of hydrogen-bond acceptors (Lipinski definition) is 4. The van der Waals surface area contributed by atoms with Gasteiger partial charge in [0.25, 0.3) is 12.1 Å². The number of nitrogens with zero attached hydrogens (tertiary/aromatic N) is 3. The van der Waals surface area contributed by atoms with E-state index in [0.717, 1.165) is 11.1 Å². The molecule has 0 N–H and O–H groups in total. The van der Waals surface area contributed by atoms with Crippen molar-refractivity contribution in [3.63, 3.8) is 0 Å². The van der Waals surface area contributed by atoms with Gasteiger partial charge < -0.3 is 9.42 Å². The second-order valence-corrected chi connectivity index (χ2v) is 7.70. The number of carbonyl (C=O) groups is 1. The molecule has 0 saturated carbocycles. The highest BCUT2D eigenvalue weighted by Gasteiger charge is 2.27. The van der Waals surface area contributed by atoms with Crippen molar-refractivity contribution in [2.24, 2.45) is 0 Å². The molecule has 1 aliphatic rings. The van der Waals surface area contributed by atoms with Gasteiger partial charge in [-0.1, -0.05) is 35.0 Å². The average Bonchev–Trinajstić information content (AvgIpc) is 3.10. The smallest absolute Gasteiger partial charge is 0.264 e. The minimum atomic E-state index is -2.62. The first-order valence-corrected chi connectivity index (χ1v) is 9.80. The first-order chi connectivity index (χ1) is 13.9. The van der Waals surface area contributed by atoms with Crippen LogP contribution in [0, 0.1) is 13.8 Å². The zero-order valence-corrected chi connectivity index (χ0v) is 16.5. The van der Waals surface area contributed by atoms with E-state index in [0.29, 0.717) is 49.1 Å². The maximum atomic E-state index is 13.6. The van der Waals surface area contributed by atoms with Crippen LogP contribution in [0.5, 0.6) is 0 Å². The Balaban J connectivity index is 1.45. The minimum Gasteiger partial charge on any atom is -0.342 e. The third kappa shape index (κ3) is 3.99. The Kier molecular flexibility index (Phi) is 5.30. The molecule has 1 saturated heterocycles. The number of aromatic nitrogens is 2. The lowest BCUT2D eigenvalue weighted by Gasteiger charge is -2.32. The van der Waals surface area contributed by atoms with Gasteiger partial charge in [0.2, 0.25) is 5.91 Å². The predicted molar refractivity (Wildman–Crippen MR) is 105 cm³/mol. The standard InChI is InChI=1S/C22H23F2N3O2/c1-13-3-5-15(6-4-13)11-19(28)27-9-7-16(8-10-27)18-12-17(21(23)24)20-14(2)26-29-22(20)25-18/h3-6,12,16,21H,7-11H2,1-2H3. The van der Waals surface area contributed by atoms with Crippen molar-refractivity contribution in [1.82, 2.24) is 15.0 Å². The number of aryl methyl sites for hydroxylation is 2. The van der Waals surface area contributed by atoms with E-state index in [9.17, 15) is 13.6 Å². The number of pyridine rings is 1. The van der Waals surface area contributed by atoms with E-state index < -0.39 is 6.43 Å². The van der Waals surface area contributed by atoms with Crippen molar-refractivity contribution >= 4 is 17.0 Å². The molecule has 1 amide bonds. The van der Waals surface area contributed by atoms with Crippen molar-refractivity contribution in [3.8, 4) is 0 Å². The molecule has 5 nitrogen and oxygen atoms in total. The van der Waals surface area contributed by atoms with Gasteiger partial charge in [0.15, 0.2) is 0 Å². The molecule has 2 aromatic heterocycles. The third-order valence-corrected chi connectivity index (χ3v) is 5.64. The van der Waals surface area contributed by atoms with Gasteiger partial charge in [-0.05, 0) is 38.3 Å². The average molecular weight is 399 g/mol. The first kappa shape index (κ1) is 19.5. The third-order valence-electron chi connectivity index (χ3n) is 5.64. The number of fused-ring (bicyclic) bond motifs is 1. The number of amides is 1. The van der Waals surface area contributed by atoms with Gasteiger partial charge >= 0.3 is 0 Å². The van der Waals surface area contributed by atoms with E-state index in [-0.39, 0.29) is 23.1 Å². The molecule has 1 aliphatic heterocycles. The number of alkyl halides is 2. The van der Waals surface area contributed by atoms with Crippen LogP contribution in [0.1, 0.15) is 53.3 Å². The molecular weight excluding hydrogens is 376 g/mol. The molecule has 0 bridgehead atoms. The first-order valence-electron chi connectivity index (χ1n) is 9.80. The zero-order valence-electron chi connectivity index (χ0n) is 16.5. The number of hydrogen-bond donors (Lipinski definition) is 0. The van der Waals surface area contributed by atoms with Crippen LogP contribution in [-0.4, -0.2) is 34.0 Å². The molecular formula is C22H23F2N3O2. The fraction of sp³-hybridized carbons (Fsp3) is 0.409. The van der Waals surface area contributed by atoms with Gasteiger partial charge in [0.05, 0.1) is 17.5 Å². The van der Waals surface area contributed by atoms with E-state index in [2.05, 4.69) is 10.1 Å². The van der Waals surface area contributed by atoms with Gasteiger partial charge in [0.1, 0.15) is 0 Å². The number of rotatable bonds is 4. The van der Waals surface area contributed by atoms with Crippen molar-refractivity contribution in [3.05, 3.63) is 58.4 Å². The normalized spacial score (nSPS) is 15.4. The summed E-state index contributed by atoms with van der Waals surface area (Å²) in [5, 5.41) is 4.08. The topological polar surface area (TPSA) is 59.2 Å². The Hall–Kier alpha value is -2.83. The van der Waals surface area contributed by atoms with E-state index in [1.165, 1.54) is 6.07 Å². The SMILES string of the molecule is Cc1ccc(CC(=O)N2CCC(c3cc(C(F)F)c4c(C)noc4n3)CC2)cc1. The Labute approximate surface area is 167 Å². The van der Waals surface area contributed by atoms with E-state index >= 15 is 0 Å². The summed E-state index contributed by atoms with van der Waals surface area (Å²) >= 11 is 0. The number of piperidine rings is 1. The molecule has 3 heterocycles. The summed E-state index contributed by atoms with van der Waals surface area (Å²) in [6, 6.07) is 9.44. The van der Waals surface area contributed by atoms with Crippen LogP contribution in [0.25, 0.3) is 11.1 Å². The monoisotopic (exact) mass is 399 g/mol. The lowest BCUT2D eigenvalue weighted by Crippen LogP contribution is -2.38. The van der Waals surface area contributed by atoms with Gasteiger partial charge in [-0.2, -0.15) is 0 Å². The minimum absolute atomic E-state index is 0.0192. The molecule has 7 heteroatoms. The second-order valence-electron chi connectivity index (χ2n) is 7.70. The van der Waals surface area contributed by atoms with E-state index in [4.69, 9.17) is 4.52 Å². The Morgan fingerprint density at radius 3 is 2.55 bits per heavy atom. The number of benzene rings is 1. The van der Waals surface area contributed by atoms with Gasteiger partial charge in [-0.25, -0.2) is 13.8 Å². The Morgan fingerprint density at radius 1 is 1.21 bits per heavy atom. The summed E-state index contributed by atoms with van der Waals surface area (Å²) in [4.78, 5) is 18.9. The van der Waals surface area contributed by atoms with Crippen LogP contribution in [0.15, 0.2) is 34.9 Å². The maximum absolute atomic E-state index is 13.6. The summed E-state index contributed by atoms with van der Waals surface area (Å²) in [7, 11) is 0. The summed E-state index contributed by atoms with van der Waals surface area (Å²) < 4.78 is 32.2. The summed E-state index contributed by atoms with van der Waals surface area (Å²) in [6.45, 7) is 4.83. The zero-order chi connectivity index (χ0) is 20.5. The fourth-order valence-corrected chi connectivity index (χ4v) is 3.95. The number of likely N-dealkylation sites (tertiary alicyclic amines) is 1. The Morgan fingerprint density at radius 2 is 1.90 bits per heavy atom. The molecule has 152 valence electrons. The molecule has 3 aromatic rings. The highest BCUT2D eigenvalue weighted by molar-refractivity contribution is 5.80. The molecule has 0 radical (unpaired) electrons. The van der Waals surface area contributed by atoms with Crippen LogP contribution in [0.2, 0.25) is 0 Å². The second kappa shape index (κ2) is 7.89. The van der Waals surface area contributed by atoms with Crippen LogP contribution in [0.3, 0.4) is 0 Å². The molecule has 1 fully saturated rings. The molecule has 0 atom stereocenters. The summed E-state index contributed by atoms with van der Waals surface area (Å²) in [5.41, 5.74) is 3.25. The lowest BCUT2D eigenvalue weighted by molar-refractivity contribution is -0.131. The molecule has 0 aliphatic carbocycles. The number of carbonyl (C=O) groups excluding carboxylic acids is 1. The predicted octanol–water partition coefficient (Wildman–Crippen LogP) is 4.73. The summed E-state index contributed by atoms with van der Waals surface area (Å²) in [6.07, 6.45) is -0.863. The van der Waals surface area contributed by atoms with Crippen molar-refractivity contribution in [1.29, 1.82) is 0 Å². The molecule has 29 heavy (non-hydrogen) atoms. The van der Waals surface area contributed by atoms with Crippen molar-refractivity contribution < 1.29 is 18.1 Å². The maximum Gasteiger partial charge on any atom is 0.264 e. The van der Waals surface area contributed by atoms with Gasteiger partial charge in [-0.15, -0.1) is 0 Å². The Bertz CT molecular complexity index is 1020. The van der Waals surface area contributed by atoms with Crippen molar-refractivity contribution in [2.75, 3.05) is 13.1 Å². The highest BCUT2D eigenvalue weighted by atomic mass is 19.3. The fourth-order valence-electron chi connectivity index (χ4n) is 3.95. The highest BCUT2D eigenvalue weighted by Crippen LogP contribution is 2.34. The van der Waals surface area contributed by atoms with E-state index in [1.807, 2.05) is 36.1 Å². The van der Waals surface area contributed by atoms with Gasteiger partial charge in [-0.3, -0.25) is 4.79 Å². The number of halogens is 2. The van der Waals surface area contributed by atoms with Crippen LogP contribution >= 0.6 is 0 Å². The summed E-state index contributed by atoms with van der Waals surface area (Å²) in [5.74, 6) is 0.112. The lowest BCUT2D eigenvalue weighted by atomic mass is 9.91. The van der Waals surface area contributed by atoms with Crippen LogP contribution in [-0.2, 0) is 11.2 Å². The quantitative estimate of drug-likeness (QED) is 0.637. The van der Waals surface area contributed by atoms with Crippen LogP contribution in [0.4, 0.5) is 8.78 Å². The molecule has 0 spiro atoms. The largest absolute Gasteiger partial charge is 0.342 e. The molecule has 0 unspecified atom stereocenters. The van der Waals surface area contributed by atoms with Crippen molar-refractivity contribution in [2.45, 2.75) is 45.5 Å². The molecule has 1 aromatic carbocycles. The van der Waals surface area contributed by atoms with Crippen LogP contribution < -0.4 is 0 Å². The van der Waals surface area contributed by atoms with E-state index in [1.54, 1.807) is 6.92 Å². The molecule has 4 rings (SSSR count).